The van der Waals surface area contributed by atoms with Crippen molar-refractivity contribution < 1.29 is 0 Å². The van der Waals surface area contributed by atoms with E-state index in [0.717, 1.165) is 34.4 Å². The highest BCUT2D eigenvalue weighted by Crippen LogP contribution is 2.30. The van der Waals surface area contributed by atoms with Gasteiger partial charge in [-0.2, -0.15) is 5.26 Å². The lowest BCUT2D eigenvalue weighted by molar-refractivity contribution is 0.687. The highest BCUT2D eigenvalue weighted by molar-refractivity contribution is 7.98. The van der Waals surface area contributed by atoms with Gasteiger partial charge in [0.2, 0.25) is 0 Å². The Bertz CT molecular complexity index is 881. The number of halogens is 1. The Morgan fingerprint density at radius 2 is 1.88 bits per heavy atom. The van der Waals surface area contributed by atoms with E-state index in [1.54, 1.807) is 11.8 Å². The Kier molecular flexibility index (Phi) is 5.19. The summed E-state index contributed by atoms with van der Waals surface area (Å²) in [5.41, 5.74) is 2.70. The number of aromatic nitrogens is 3. The average Bonchev–Trinajstić information content (AvgIpc) is 3.03. The third-order valence-electron chi connectivity index (χ3n) is 3.60. The molecule has 2 aromatic carbocycles. The number of hydrogen-bond acceptors (Lipinski definition) is 4. The van der Waals surface area contributed by atoms with E-state index in [-0.39, 0.29) is 0 Å². The van der Waals surface area contributed by atoms with Gasteiger partial charge in [-0.15, -0.1) is 10.2 Å². The summed E-state index contributed by atoms with van der Waals surface area (Å²) in [6.45, 7) is 2.83. The van der Waals surface area contributed by atoms with Crippen molar-refractivity contribution in [2.45, 2.75) is 24.4 Å². The first-order valence-corrected chi connectivity index (χ1v) is 8.89. The maximum Gasteiger partial charge on any atom is 0.191 e. The summed E-state index contributed by atoms with van der Waals surface area (Å²) in [4.78, 5) is 0. The van der Waals surface area contributed by atoms with Gasteiger partial charge in [0.15, 0.2) is 11.0 Å². The van der Waals surface area contributed by atoms with Crippen LogP contribution in [0.25, 0.3) is 11.4 Å². The Hall–Kier alpha value is -2.29. The highest BCUT2D eigenvalue weighted by Gasteiger charge is 2.15. The molecule has 0 N–H and O–H groups in total. The van der Waals surface area contributed by atoms with E-state index in [4.69, 9.17) is 16.9 Å². The molecule has 0 bridgehead atoms. The van der Waals surface area contributed by atoms with Gasteiger partial charge in [0.1, 0.15) is 0 Å². The minimum absolute atomic E-state index is 0.668. The molecule has 0 aliphatic heterocycles. The molecule has 1 heterocycles. The molecule has 4 nitrogen and oxygen atoms in total. The standard InChI is InChI=1S/C18H15ClN4S/c1-2-23-17(15-5-3-4-6-16(15)19)21-22-18(23)24-12-14-9-7-13(11-20)8-10-14/h3-10H,2,12H2,1H3. The minimum Gasteiger partial charge on any atom is -0.302 e. The first kappa shape index (κ1) is 16.6. The number of thioether (sulfide) groups is 1. The van der Waals surface area contributed by atoms with Crippen LogP contribution in [-0.4, -0.2) is 14.8 Å². The van der Waals surface area contributed by atoms with Crippen LogP contribution >= 0.6 is 23.4 Å². The molecule has 0 atom stereocenters. The molecular formula is C18H15ClN4S. The first-order chi connectivity index (χ1) is 11.7. The van der Waals surface area contributed by atoms with Gasteiger partial charge in [-0.1, -0.05) is 47.6 Å². The number of benzene rings is 2. The zero-order valence-corrected chi connectivity index (χ0v) is 14.7. The van der Waals surface area contributed by atoms with Gasteiger partial charge in [-0.25, -0.2) is 0 Å². The second-order valence-electron chi connectivity index (χ2n) is 5.13. The van der Waals surface area contributed by atoms with Crippen molar-refractivity contribution in [3.05, 3.63) is 64.7 Å². The van der Waals surface area contributed by atoms with Crippen molar-refractivity contribution in [3.8, 4) is 17.5 Å². The first-order valence-electron chi connectivity index (χ1n) is 7.53. The molecule has 120 valence electrons. The van der Waals surface area contributed by atoms with Gasteiger partial charge in [0, 0.05) is 17.9 Å². The summed E-state index contributed by atoms with van der Waals surface area (Å²) < 4.78 is 2.07. The molecule has 0 saturated carbocycles. The predicted octanol–water partition coefficient (Wildman–Crippen LogP) is 4.78. The summed E-state index contributed by atoms with van der Waals surface area (Å²) in [6, 6.07) is 17.4. The molecule has 6 heteroatoms. The molecule has 1 aromatic heterocycles. The van der Waals surface area contributed by atoms with E-state index in [1.165, 1.54) is 0 Å². The van der Waals surface area contributed by atoms with Gasteiger partial charge < -0.3 is 4.57 Å². The number of rotatable bonds is 5. The van der Waals surface area contributed by atoms with Gasteiger partial charge in [-0.3, -0.25) is 0 Å². The molecule has 0 aliphatic rings. The second-order valence-corrected chi connectivity index (χ2v) is 6.48. The summed E-state index contributed by atoms with van der Waals surface area (Å²) in [6.07, 6.45) is 0. The molecule has 0 fully saturated rings. The van der Waals surface area contributed by atoms with Gasteiger partial charge >= 0.3 is 0 Å². The van der Waals surface area contributed by atoms with Crippen LogP contribution in [0.2, 0.25) is 5.02 Å². The average molecular weight is 355 g/mol. The fourth-order valence-electron chi connectivity index (χ4n) is 2.35. The molecule has 3 rings (SSSR count). The lowest BCUT2D eigenvalue weighted by atomic mass is 10.2. The van der Waals surface area contributed by atoms with Crippen LogP contribution in [0.1, 0.15) is 18.1 Å². The summed E-state index contributed by atoms with van der Waals surface area (Å²) in [5, 5.41) is 19.0. The van der Waals surface area contributed by atoms with Crippen LogP contribution in [0.5, 0.6) is 0 Å². The Morgan fingerprint density at radius 3 is 2.54 bits per heavy atom. The molecule has 0 aliphatic carbocycles. The van der Waals surface area contributed by atoms with Crippen molar-refractivity contribution in [1.29, 1.82) is 5.26 Å². The number of hydrogen-bond donors (Lipinski definition) is 0. The molecular weight excluding hydrogens is 340 g/mol. The maximum atomic E-state index is 8.85. The third kappa shape index (κ3) is 3.45. The lowest BCUT2D eigenvalue weighted by Gasteiger charge is -2.08. The van der Waals surface area contributed by atoms with Crippen LogP contribution in [0.4, 0.5) is 0 Å². The molecule has 24 heavy (non-hydrogen) atoms. The second kappa shape index (κ2) is 7.52. The van der Waals surface area contributed by atoms with E-state index in [0.29, 0.717) is 10.6 Å². The molecule has 0 radical (unpaired) electrons. The molecule has 0 unspecified atom stereocenters. The number of nitrogens with zero attached hydrogens (tertiary/aromatic N) is 4. The maximum absolute atomic E-state index is 8.85. The van der Waals surface area contributed by atoms with Crippen LogP contribution in [-0.2, 0) is 12.3 Å². The van der Waals surface area contributed by atoms with Crippen molar-refractivity contribution in [3.63, 3.8) is 0 Å². The van der Waals surface area contributed by atoms with Crippen LogP contribution in [0.3, 0.4) is 0 Å². The van der Waals surface area contributed by atoms with Gasteiger partial charge in [0.25, 0.3) is 0 Å². The fourth-order valence-corrected chi connectivity index (χ4v) is 3.52. The monoisotopic (exact) mass is 354 g/mol. The van der Waals surface area contributed by atoms with E-state index < -0.39 is 0 Å². The van der Waals surface area contributed by atoms with Crippen molar-refractivity contribution in [2.24, 2.45) is 0 Å². The van der Waals surface area contributed by atoms with Gasteiger partial charge in [0.05, 0.1) is 16.7 Å². The predicted molar refractivity (Wildman–Crippen MR) is 96.9 cm³/mol. The fraction of sp³-hybridized carbons (Fsp3) is 0.167. The van der Waals surface area contributed by atoms with Crippen LogP contribution in [0, 0.1) is 11.3 Å². The van der Waals surface area contributed by atoms with Crippen molar-refractivity contribution in [1.82, 2.24) is 14.8 Å². The largest absolute Gasteiger partial charge is 0.302 e. The SMILES string of the molecule is CCn1c(SCc2ccc(C#N)cc2)nnc1-c1ccccc1Cl. The third-order valence-corrected chi connectivity index (χ3v) is 4.97. The summed E-state index contributed by atoms with van der Waals surface area (Å²) in [5.74, 6) is 1.55. The normalized spacial score (nSPS) is 10.5. The van der Waals surface area contributed by atoms with E-state index in [9.17, 15) is 0 Å². The zero-order valence-electron chi connectivity index (χ0n) is 13.1. The Balaban J connectivity index is 1.82. The lowest BCUT2D eigenvalue weighted by Crippen LogP contribution is -2.00. The molecule has 0 spiro atoms. The smallest absolute Gasteiger partial charge is 0.191 e. The van der Waals surface area contributed by atoms with E-state index in [2.05, 4.69) is 27.8 Å². The molecule has 3 aromatic rings. The summed E-state index contributed by atoms with van der Waals surface area (Å²) >= 11 is 7.91. The molecule has 0 amide bonds. The van der Waals surface area contributed by atoms with Crippen molar-refractivity contribution in [2.75, 3.05) is 0 Å². The van der Waals surface area contributed by atoms with Crippen molar-refractivity contribution >= 4 is 23.4 Å². The molecule has 0 saturated heterocycles. The van der Waals surface area contributed by atoms with Crippen LogP contribution < -0.4 is 0 Å². The quantitative estimate of drug-likeness (QED) is 0.618. The minimum atomic E-state index is 0.668. The van der Waals surface area contributed by atoms with E-state index in [1.807, 2.05) is 48.5 Å². The topological polar surface area (TPSA) is 54.5 Å². The Labute approximate surface area is 150 Å². The Morgan fingerprint density at radius 1 is 1.12 bits per heavy atom. The summed E-state index contributed by atoms with van der Waals surface area (Å²) in [7, 11) is 0. The van der Waals surface area contributed by atoms with Gasteiger partial charge in [-0.05, 0) is 36.8 Å². The highest BCUT2D eigenvalue weighted by atomic mass is 35.5. The van der Waals surface area contributed by atoms with E-state index >= 15 is 0 Å². The number of nitriles is 1. The zero-order chi connectivity index (χ0) is 16.9. The van der Waals surface area contributed by atoms with Crippen LogP contribution in [0.15, 0.2) is 53.7 Å².